The van der Waals surface area contributed by atoms with Crippen molar-refractivity contribution in [3.63, 3.8) is 0 Å². The maximum absolute atomic E-state index is 12.8. The van der Waals surface area contributed by atoms with Gasteiger partial charge in [0.15, 0.2) is 0 Å². The number of fused-ring (bicyclic) bond motifs is 1. The number of aromatic amines is 1. The Morgan fingerprint density at radius 1 is 1.14 bits per heavy atom. The molecular weight excluding hydrogens is 354 g/mol. The summed E-state index contributed by atoms with van der Waals surface area (Å²) in [5.41, 5.74) is 8.32. The number of hydrogen-bond donors (Lipinski definition) is 4. The summed E-state index contributed by atoms with van der Waals surface area (Å²) in [6, 6.07) is 14.1. The molecule has 146 valence electrons. The third-order valence-electron chi connectivity index (χ3n) is 4.88. The van der Waals surface area contributed by atoms with Gasteiger partial charge in [-0.05, 0) is 35.7 Å². The lowest BCUT2D eigenvalue weighted by molar-refractivity contribution is 0.0920. The van der Waals surface area contributed by atoms with Gasteiger partial charge < -0.3 is 21.4 Å². The molecule has 0 spiro atoms. The number of amides is 3. The van der Waals surface area contributed by atoms with Crippen LogP contribution in [0, 0.1) is 5.92 Å². The van der Waals surface area contributed by atoms with Crippen LogP contribution in [-0.4, -0.2) is 21.9 Å². The zero-order valence-corrected chi connectivity index (χ0v) is 16.0. The summed E-state index contributed by atoms with van der Waals surface area (Å²) in [5, 5.41) is 5.63. The highest BCUT2D eigenvalue weighted by molar-refractivity contribution is 5.94. The van der Waals surface area contributed by atoms with E-state index in [0.717, 1.165) is 28.8 Å². The molecule has 2 aromatic carbocycles. The summed E-state index contributed by atoms with van der Waals surface area (Å²) < 4.78 is 0. The van der Waals surface area contributed by atoms with Crippen LogP contribution < -0.4 is 16.4 Å². The predicted octanol–water partition coefficient (Wildman–Crippen LogP) is 3.25. The molecule has 0 fully saturated rings. The number of imidazole rings is 1. The van der Waals surface area contributed by atoms with E-state index in [2.05, 4.69) is 34.4 Å². The SMILES string of the molecule is CCC(C)C(NC(=O)c1ccc(CNC(N)=O)cc1)c1nc2ccccc2[nH]1. The highest BCUT2D eigenvalue weighted by Gasteiger charge is 2.24. The van der Waals surface area contributed by atoms with Crippen LogP contribution >= 0.6 is 0 Å². The van der Waals surface area contributed by atoms with Crippen molar-refractivity contribution in [2.45, 2.75) is 32.9 Å². The lowest BCUT2D eigenvalue weighted by Crippen LogP contribution is -2.33. The second-order valence-electron chi connectivity index (χ2n) is 6.89. The molecule has 0 saturated heterocycles. The monoisotopic (exact) mass is 379 g/mol. The van der Waals surface area contributed by atoms with E-state index in [1.54, 1.807) is 24.3 Å². The Balaban J connectivity index is 1.77. The molecule has 7 nitrogen and oxygen atoms in total. The lowest BCUT2D eigenvalue weighted by atomic mass is 9.98. The van der Waals surface area contributed by atoms with E-state index < -0.39 is 6.03 Å². The number of benzene rings is 2. The zero-order valence-electron chi connectivity index (χ0n) is 16.0. The second kappa shape index (κ2) is 8.56. The molecule has 0 radical (unpaired) electrons. The van der Waals surface area contributed by atoms with E-state index in [-0.39, 0.29) is 17.9 Å². The first-order valence-corrected chi connectivity index (χ1v) is 9.35. The molecule has 0 bridgehead atoms. The number of carbonyl (C=O) groups excluding carboxylic acids is 2. The number of rotatable bonds is 7. The topological polar surface area (TPSA) is 113 Å². The van der Waals surface area contributed by atoms with Gasteiger partial charge in [0.05, 0.1) is 17.1 Å². The van der Waals surface area contributed by atoms with Crippen LogP contribution in [0.3, 0.4) is 0 Å². The van der Waals surface area contributed by atoms with Crippen LogP contribution in [0.1, 0.15) is 48.1 Å². The average Bonchev–Trinajstić information content (AvgIpc) is 3.14. The van der Waals surface area contributed by atoms with Crippen LogP contribution in [0.15, 0.2) is 48.5 Å². The van der Waals surface area contributed by atoms with Crippen molar-refractivity contribution in [1.82, 2.24) is 20.6 Å². The highest BCUT2D eigenvalue weighted by atomic mass is 16.2. The fourth-order valence-corrected chi connectivity index (χ4v) is 3.02. The Morgan fingerprint density at radius 2 is 1.86 bits per heavy atom. The van der Waals surface area contributed by atoms with Crippen LogP contribution in [0.5, 0.6) is 0 Å². The summed E-state index contributed by atoms with van der Waals surface area (Å²) in [7, 11) is 0. The number of nitrogens with one attached hydrogen (secondary N) is 3. The van der Waals surface area contributed by atoms with Gasteiger partial charge in [0.2, 0.25) is 0 Å². The van der Waals surface area contributed by atoms with Gasteiger partial charge in [0, 0.05) is 12.1 Å². The van der Waals surface area contributed by atoms with Crippen molar-refractivity contribution in [3.05, 3.63) is 65.5 Å². The van der Waals surface area contributed by atoms with Gasteiger partial charge in [-0.2, -0.15) is 0 Å². The van der Waals surface area contributed by atoms with Gasteiger partial charge in [-0.15, -0.1) is 0 Å². The van der Waals surface area contributed by atoms with Crippen LogP contribution in [0.4, 0.5) is 4.79 Å². The molecule has 7 heteroatoms. The van der Waals surface area contributed by atoms with Crippen molar-refractivity contribution in [3.8, 4) is 0 Å². The second-order valence-corrected chi connectivity index (χ2v) is 6.89. The molecular formula is C21H25N5O2. The van der Waals surface area contributed by atoms with Gasteiger partial charge in [-0.3, -0.25) is 4.79 Å². The van der Waals surface area contributed by atoms with Crippen LogP contribution in [0.2, 0.25) is 0 Å². The summed E-state index contributed by atoms with van der Waals surface area (Å²) in [4.78, 5) is 31.6. The van der Waals surface area contributed by atoms with Gasteiger partial charge >= 0.3 is 6.03 Å². The standard InChI is InChI=1S/C21H25N5O2/c1-3-13(2)18(19-24-16-6-4-5-7-17(16)25-19)26-20(27)15-10-8-14(9-11-15)12-23-21(22)28/h4-11,13,18H,3,12H2,1-2H3,(H,24,25)(H,26,27)(H3,22,23,28). The van der Waals surface area contributed by atoms with Crippen molar-refractivity contribution >= 4 is 23.0 Å². The minimum Gasteiger partial charge on any atom is -0.352 e. The molecule has 3 amide bonds. The average molecular weight is 379 g/mol. The molecule has 2 atom stereocenters. The quantitative estimate of drug-likeness (QED) is 0.505. The molecule has 1 aromatic heterocycles. The number of nitrogens with zero attached hydrogens (tertiary/aromatic N) is 1. The molecule has 1 heterocycles. The van der Waals surface area contributed by atoms with E-state index in [1.165, 1.54) is 0 Å². The van der Waals surface area contributed by atoms with E-state index in [1.807, 2.05) is 24.3 Å². The number of para-hydroxylation sites is 2. The van der Waals surface area contributed by atoms with Gasteiger partial charge in [0.1, 0.15) is 5.82 Å². The number of urea groups is 1. The Morgan fingerprint density at radius 3 is 2.50 bits per heavy atom. The Hall–Kier alpha value is -3.35. The number of primary amides is 1. The van der Waals surface area contributed by atoms with Crippen molar-refractivity contribution in [2.75, 3.05) is 0 Å². The molecule has 3 rings (SSSR count). The van der Waals surface area contributed by atoms with Crippen molar-refractivity contribution in [1.29, 1.82) is 0 Å². The first-order valence-electron chi connectivity index (χ1n) is 9.35. The lowest BCUT2D eigenvalue weighted by Gasteiger charge is -2.22. The maximum Gasteiger partial charge on any atom is 0.312 e. The normalized spacial score (nSPS) is 13.1. The molecule has 3 aromatic rings. The molecule has 0 aliphatic rings. The first kappa shape index (κ1) is 19.4. The van der Waals surface area contributed by atoms with Gasteiger partial charge in [-0.25, -0.2) is 9.78 Å². The van der Waals surface area contributed by atoms with Crippen LogP contribution in [0.25, 0.3) is 11.0 Å². The number of hydrogen-bond acceptors (Lipinski definition) is 3. The summed E-state index contributed by atoms with van der Waals surface area (Å²) in [6.07, 6.45) is 0.902. The Labute approximate surface area is 163 Å². The van der Waals surface area contributed by atoms with E-state index in [4.69, 9.17) is 5.73 Å². The molecule has 0 aliphatic carbocycles. The summed E-state index contributed by atoms with van der Waals surface area (Å²) >= 11 is 0. The maximum atomic E-state index is 12.8. The predicted molar refractivity (Wildman–Crippen MR) is 109 cm³/mol. The summed E-state index contributed by atoms with van der Waals surface area (Å²) in [5.74, 6) is 0.801. The molecule has 28 heavy (non-hydrogen) atoms. The fourth-order valence-electron chi connectivity index (χ4n) is 3.02. The number of carbonyl (C=O) groups is 2. The molecule has 0 aliphatic heterocycles. The minimum absolute atomic E-state index is 0.167. The first-order chi connectivity index (χ1) is 13.5. The number of nitrogens with two attached hydrogens (primary N) is 1. The van der Waals surface area contributed by atoms with E-state index in [0.29, 0.717) is 12.1 Å². The third-order valence-corrected chi connectivity index (χ3v) is 4.88. The van der Waals surface area contributed by atoms with Crippen LogP contribution in [-0.2, 0) is 6.54 Å². The number of H-pyrrole nitrogens is 1. The third kappa shape index (κ3) is 4.49. The molecule has 5 N–H and O–H groups in total. The summed E-state index contributed by atoms with van der Waals surface area (Å²) in [6.45, 7) is 4.51. The Kier molecular flexibility index (Phi) is 5.93. The molecule has 2 unspecified atom stereocenters. The Bertz CT molecular complexity index is 931. The fraction of sp³-hybridized carbons (Fsp3) is 0.286. The van der Waals surface area contributed by atoms with E-state index in [9.17, 15) is 9.59 Å². The van der Waals surface area contributed by atoms with Gasteiger partial charge in [-0.1, -0.05) is 44.5 Å². The van der Waals surface area contributed by atoms with Crippen molar-refractivity contribution < 1.29 is 9.59 Å². The zero-order chi connectivity index (χ0) is 20.1. The largest absolute Gasteiger partial charge is 0.352 e. The highest BCUT2D eigenvalue weighted by Crippen LogP contribution is 2.25. The minimum atomic E-state index is -0.580. The smallest absolute Gasteiger partial charge is 0.312 e. The number of aromatic nitrogens is 2. The van der Waals surface area contributed by atoms with Gasteiger partial charge in [0.25, 0.3) is 5.91 Å². The van der Waals surface area contributed by atoms with Crippen molar-refractivity contribution in [2.24, 2.45) is 11.7 Å². The van der Waals surface area contributed by atoms with E-state index >= 15 is 0 Å². The molecule has 0 saturated carbocycles.